The van der Waals surface area contributed by atoms with E-state index in [1.165, 1.54) is 23.8 Å². The van der Waals surface area contributed by atoms with Gasteiger partial charge in [0, 0.05) is 24.6 Å². The third-order valence-electron chi connectivity index (χ3n) is 4.50. The van der Waals surface area contributed by atoms with Gasteiger partial charge in [0.1, 0.15) is 0 Å². The Morgan fingerprint density at radius 2 is 2.20 bits per heavy atom. The second-order valence-electron chi connectivity index (χ2n) is 6.26. The maximum atomic E-state index is 12.1. The minimum absolute atomic E-state index is 0.0463. The molecule has 2 saturated carbocycles. The second-order valence-corrected chi connectivity index (χ2v) is 6.26. The topological polar surface area (TPSA) is 58.4 Å². The smallest absolute Gasteiger partial charge is 0.253 e. The van der Waals surface area contributed by atoms with E-state index in [1.54, 1.807) is 12.4 Å². The number of nitrogens with zero attached hydrogens (tertiary/aromatic N) is 3. The minimum Gasteiger partial charge on any atom is -0.390 e. The van der Waals surface area contributed by atoms with Crippen molar-refractivity contribution in [2.75, 3.05) is 13.6 Å². The van der Waals surface area contributed by atoms with Crippen molar-refractivity contribution in [3.8, 4) is 0 Å². The van der Waals surface area contributed by atoms with E-state index in [9.17, 15) is 9.90 Å². The first-order valence-corrected chi connectivity index (χ1v) is 7.58. The van der Waals surface area contributed by atoms with Crippen molar-refractivity contribution in [3.63, 3.8) is 0 Å². The van der Waals surface area contributed by atoms with E-state index in [4.69, 9.17) is 0 Å². The molecule has 110 valence electrons. The molecule has 1 heterocycles. The van der Waals surface area contributed by atoms with Crippen molar-refractivity contribution in [2.24, 2.45) is 0 Å². The van der Waals surface area contributed by atoms with Crippen LogP contribution in [0.2, 0.25) is 0 Å². The van der Waals surface area contributed by atoms with Crippen LogP contribution >= 0.6 is 0 Å². The van der Waals surface area contributed by atoms with Gasteiger partial charge in [0.25, 0.3) is 5.56 Å². The predicted octanol–water partition coefficient (Wildman–Crippen LogP) is 0.966. The van der Waals surface area contributed by atoms with Crippen molar-refractivity contribution in [1.29, 1.82) is 0 Å². The molecule has 3 rings (SSSR count). The number of hydrogen-bond donors (Lipinski definition) is 1. The summed E-state index contributed by atoms with van der Waals surface area (Å²) in [5.41, 5.74) is 0.872. The van der Waals surface area contributed by atoms with Crippen LogP contribution in [0, 0.1) is 0 Å². The van der Waals surface area contributed by atoms with Gasteiger partial charge in [-0.25, -0.2) is 4.98 Å². The number of aliphatic hydroxyl groups excluding tert-OH is 1. The van der Waals surface area contributed by atoms with Gasteiger partial charge in [-0.2, -0.15) is 0 Å². The van der Waals surface area contributed by atoms with Gasteiger partial charge in [-0.05, 0) is 32.7 Å². The third kappa shape index (κ3) is 3.10. The van der Waals surface area contributed by atoms with Crippen molar-refractivity contribution in [2.45, 2.75) is 56.7 Å². The Morgan fingerprint density at radius 1 is 1.45 bits per heavy atom. The van der Waals surface area contributed by atoms with Crippen LogP contribution in [0.4, 0.5) is 0 Å². The van der Waals surface area contributed by atoms with Crippen LogP contribution in [0.1, 0.15) is 43.7 Å². The lowest BCUT2D eigenvalue weighted by atomic mass is 9.83. The van der Waals surface area contributed by atoms with E-state index < -0.39 is 6.10 Å². The molecular weight excluding hydrogens is 254 g/mol. The Morgan fingerprint density at radius 3 is 2.75 bits per heavy atom. The summed E-state index contributed by atoms with van der Waals surface area (Å²) in [4.78, 5) is 18.6. The van der Waals surface area contributed by atoms with Crippen LogP contribution in [0.3, 0.4) is 0 Å². The maximum absolute atomic E-state index is 12.1. The van der Waals surface area contributed by atoms with E-state index in [2.05, 4.69) is 9.88 Å². The molecule has 0 aliphatic heterocycles. The molecule has 2 aliphatic carbocycles. The van der Waals surface area contributed by atoms with E-state index in [0.29, 0.717) is 25.0 Å². The molecule has 2 fully saturated rings. The summed E-state index contributed by atoms with van der Waals surface area (Å²) in [5.74, 6) is 0.475. The summed E-state index contributed by atoms with van der Waals surface area (Å²) < 4.78 is 1.52. The van der Waals surface area contributed by atoms with Crippen LogP contribution in [-0.2, 0) is 6.54 Å². The first kappa shape index (κ1) is 13.8. The van der Waals surface area contributed by atoms with Crippen LogP contribution in [-0.4, -0.2) is 45.3 Å². The highest BCUT2D eigenvalue weighted by molar-refractivity contribution is 5.09. The number of rotatable bonds is 6. The summed E-state index contributed by atoms with van der Waals surface area (Å²) in [6.45, 7) is 0.940. The predicted molar refractivity (Wildman–Crippen MR) is 76.7 cm³/mol. The molecule has 20 heavy (non-hydrogen) atoms. The zero-order valence-electron chi connectivity index (χ0n) is 12.0. The molecule has 0 amide bonds. The molecular formula is C15H23N3O2. The number of aliphatic hydroxyl groups is 1. The van der Waals surface area contributed by atoms with Crippen molar-refractivity contribution in [1.82, 2.24) is 14.5 Å². The van der Waals surface area contributed by atoms with Gasteiger partial charge in [0.15, 0.2) is 0 Å². The highest BCUT2D eigenvalue weighted by Gasteiger charge is 2.27. The summed E-state index contributed by atoms with van der Waals surface area (Å²) in [5, 5.41) is 10.1. The molecule has 1 N–H and O–H groups in total. The lowest BCUT2D eigenvalue weighted by molar-refractivity contribution is 0.105. The molecule has 5 heteroatoms. The van der Waals surface area contributed by atoms with Gasteiger partial charge in [-0.15, -0.1) is 0 Å². The summed E-state index contributed by atoms with van der Waals surface area (Å²) in [6, 6.07) is 2.27. The highest BCUT2D eigenvalue weighted by atomic mass is 16.3. The fraction of sp³-hybridized carbons (Fsp3) is 0.733. The zero-order chi connectivity index (χ0) is 14.1. The summed E-state index contributed by atoms with van der Waals surface area (Å²) in [7, 11) is 2.03. The van der Waals surface area contributed by atoms with Crippen LogP contribution in [0.15, 0.2) is 17.2 Å². The number of aromatic nitrogens is 2. The van der Waals surface area contributed by atoms with Crippen molar-refractivity contribution < 1.29 is 5.11 Å². The summed E-state index contributed by atoms with van der Waals surface area (Å²) >= 11 is 0. The fourth-order valence-electron chi connectivity index (χ4n) is 2.79. The highest BCUT2D eigenvalue weighted by Crippen LogP contribution is 2.34. The first-order valence-electron chi connectivity index (χ1n) is 7.58. The van der Waals surface area contributed by atoms with E-state index in [0.717, 1.165) is 18.5 Å². The van der Waals surface area contributed by atoms with Gasteiger partial charge in [0.05, 0.1) is 24.7 Å². The standard InChI is InChI=1S/C15H23N3O2/c1-17(12-5-6-12)8-13(19)9-18-10-16-14(7-15(18)20)11-3-2-4-11/h7,10-13,19H,2-6,8-9H2,1H3. The molecule has 1 aromatic rings. The number of likely N-dealkylation sites (N-methyl/N-ethyl adjacent to an activating group) is 1. The molecule has 0 saturated heterocycles. The number of hydrogen-bond acceptors (Lipinski definition) is 4. The molecule has 0 bridgehead atoms. The fourth-order valence-corrected chi connectivity index (χ4v) is 2.79. The van der Waals surface area contributed by atoms with Gasteiger partial charge in [-0.1, -0.05) is 6.42 Å². The van der Waals surface area contributed by atoms with Crippen LogP contribution in [0.5, 0.6) is 0 Å². The Bertz CT molecular complexity index is 520. The molecule has 1 unspecified atom stereocenters. The van der Waals surface area contributed by atoms with Gasteiger partial charge < -0.3 is 10.0 Å². The van der Waals surface area contributed by atoms with Gasteiger partial charge >= 0.3 is 0 Å². The SMILES string of the molecule is CN(CC(O)Cn1cnc(C2CCC2)cc1=O)C1CC1. The Hall–Kier alpha value is -1.20. The Balaban J connectivity index is 1.59. The third-order valence-corrected chi connectivity index (χ3v) is 4.50. The summed E-state index contributed by atoms with van der Waals surface area (Å²) in [6.07, 6.45) is 7.05. The quantitative estimate of drug-likeness (QED) is 0.841. The lowest BCUT2D eigenvalue weighted by Gasteiger charge is -2.25. The Kier molecular flexibility index (Phi) is 3.89. The molecule has 1 atom stereocenters. The average Bonchev–Trinajstić information content (AvgIpc) is 3.14. The van der Waals surface area contributed by atoms with Crippen molar-refractivity contribution in [3.05, 3.63) is 28.4 Å². The molecule has 0 spiro atoms. The first-order chi connectivity index (χ1) is 9.63. The van der Waals surface area contributed by atoms with Gasteiger partial charge in [-0.3, -0.25) is 9.36 Å². The van der Waals surface area contributed by atoms with E-state index in [1.807, 2.05) is 7.05 Å². The maximum Gasteiger partial charge on any atom is 0.253 e. The molecule has 1 aromatic heterocycles. The normalized spacial score (nSPS) is 20.9. The molecule has 0 aromatic carbocycles. The van der Waals surface area contributed by atoms with Gasteiger partial charge in [0.2, 0.25) is 0 Å². The van der Waals surface area contributed by atoms with Crippen molar-refractivity contribution >= 4 is 0 Å². The van der Waals surface area contributed by atoms with Crippen LogP contribution < -0.4 is 5.56 Å². The molecule has 5 nitrogen and oxygen atoms in total. The molecule has 0 radical (unpaired) electrons. The largest absolute Gasteiger partial charge is 0.390 e. The molecule has 2 aliphatic rings. The van der Waals surface area contributed by atoms with E-state index >= 15 is 0 Å². The minimum atomic E-state index is -0.519. The van der Waals surface area contributed by atoms with E-state index in [-0.39, 0.29) is 5.56 Å². The Labute approximate surface area is 119 Å². The van der Waals surface area contributed by atoms with Crippen LogP contribution in [0.25, 0.3) is 0 Å². The lowest BCUT2D eigenvalue weighted by Crippen LogP contribution is -2.36. The zero-order valence-corrected chi connectivity index (χ0v) is 12.0. The average molecular weight is 277 g/mol. The second kappa shape index (κ2) is 5.66. The monoisotopic (exact) mass is 277 g/mol.